The Kier molecular flexibility index (Phi) is 3.55. The number of rotatable bonds is 2. The van der Waals surface area contributed by atoms with Crippen LogP contribution in [0.4, 0.5) is 22.9 Å². The van der Waals surface area contributed by atoms with Crippen molar-refractivity contribution in [1.29, 1.82) is 0 Å². The van der Waals surface area contributed by atoms with Crippen molar-refractivity contribution < 1.29 is 0 Å². The monoisotopic (exact) mass is 355 g/mol. The van der Waals surface area contributed by atoms with Gasteiger partial charge in [-0.1, -0.05) is 57.2 Å². The van der Waals surface area contributed by atoms with Gasteiger partial charge in [-0.3, -0.25) is 0 Å². The summed E-state index contributed by atoms with van der Waals surface area (Å²) in [5.41, 5.74) is 5.28. The number of pyridine rings is 1. The molecule has 3 aromatic rings. The highest BCUT2D eigenvalue weighted by Gasteiger charge is 2.52. The Morgan fingerprint density at radius 3 is 2.37 bits per heavy atom. The van der Waals surface area contributed by atoms with Gasteiger partial charge in [-0.05, 0) is 42.3 Å². The Hall–Kier alpha value is -2.81. The Labute approximate surface area is 161 Å². The summed E-state index contributed by atoms with van der Waals surface area (Å²) in [6.45, 7) is 7.14. The molecule has 0 N–H and O–H groups in total. The third kappa shape index (κ3) is 2.11. The quantitative estimate of drug-likeness (QED) is 0.561. The fourth-order valence-electron chi connectivity index (χ4n) is 4.98. The van der Waals surface area contributed by atoms with Gasteiger partial charge < -0.3 is 9.80 Å². The topological polar surface area (TPSA) is 19.4 Å². The van der Waals surface area contributed by atoms with Crippen LogP contribution in [0.15, 0.2) is 72.9 Å². The Morgan fingerprint density at radius 2 is 1.59 bits per heavy atom. The summed E-state index contributed by atoms with van der Waals surface area (Å²) >= 11 is 0. The molecule has 0 radical (unpaired) electrons. The van der Waals surface area contributed by atoms with E-state index < -0.39 is 0 Å². The van der Waals surface area contributed by atoms with Crippen LogP contribution >= 0.6 is 0 Å². The van der Waals surface area contributed by atoms with E-state index in [1.54, 1.807) is 0 Å². The van der Waals surface area contributed by atoms with Gasteiger partial charge in [-0.2, -0.15) is 0 Å². The van der Waals surface area contributed by atoms with Crippen molar-refractivity contribution in [1.82, 2.24) is 4.98 Å². The standard InChI is InChI=1S/C24H25N3/c1-4-24(3)17(2)23-26(18-11-6-5-7-12-18)22-21(15-10-16-25-22)27(23)20-14-9-8-13-19(20)24/h5-17,23H,4H2,1-3H3. The van der Waals surface area contributed by atoms with Gasteiger partial charge >= 0.3 is 0 Å². The Balaban J connectivity index is 1.80. The van der Waals surface area contributed by atoms with E-state index in [9.17, 15) is 0 Å². The smallest absolute Gasteiger partial charge is 0.158 e. The van der Waals surface area contributed by atoms with Crippen LogP contribution in [0.25, 0.3) is 0 Å². The van der Waals surface area contributed by atoms with Crippen molar-refractivity contribution in [3.63, 3.8) is 0 Å². The fourth-order valence-corrected chi connectivity index (χ4v) is 4.98. The second kappa shape index (κ2) is 5.85. The van der Waals surface area contributed by atoms with Crippen molar-refractivity contribution in [2.24, 2.45) is 5.92 Å². The molecule has 3 unspecified atom stereocenters. The van der Waals surface area contributed by atoms with Crippen molar-refractivity contribution in [3.05, 3.63) is 78.5 Å². The maximum Gasteiger partial charge on any atom is 0.158 e. The lowest BCUT2D eigenvalue weighted by molar-refractivity contribution is 0.249. The summed E-state index contributed by atoms with van der Waals surface area (Å²) in [7, 11) is 0. The summed E-state index contributed by atoms with van der Waals surface area (Å²) in [5.74, 6) is 1.49. The van der Waals surface area contributed by atoms with Crippen molar-refractivity contribution >= 4 is 22.9 Å². The first-order valence-electron chi connectivity index (χ1n) is 9.85. The van der Waals surface area contributed by atoms with E-state index in [2.05, 4.69) is 91.2 Å². The number of anilines is 4. The summed E-state index contributed by atoms with van der Waals surface area (Å²) < 4.78 is 0. The molecular formula is C24H25N3. The lowest BCUT2D eigenvalue weighted by Gasteiger charge is -2.51. The highest BCUT2D eigenvalue weighted by Crippen LogP contribution is 2.57. The van der Waals surface area contributed by atoms with Crippen molar-refractivity contribution in [3.8, 4) is 0 Å². The molecule has 3 atom stereocenters. The molecule has 2 aliphatic rings. The molecule has 1 aromatic heterocycles. The number of benzene rings is 2. The number of nitrogens with zero attached hydrogens (tertiary/aromatic N) is 3. The lowest BCUT2D eigenvalue weighted by Crippen LogP contribution is -2.54. The molecule has 0 amide bonds. The molecule has 2 aliphatic heterocycles. The maximum absolute atomic E-state index is 4.81. The molecule has 0 saturated carbocycles. The van der Waals surface area contributed by atoms with E-state index >= 15 is 0 Å². The predicted octanol–water partition coefficient (Wildman–Crippen LogP) is 6.01. The molecular weight excluding hydrogens is 330 g/mol. The SMILES string of the molecule is CCC1(C)c2ccccc2N2c3cccnc3N(c3ccccc3)C2C1C. The minimum absolute atomic E-state index is 0.118. The van der Waals surface area contributed by atoms with E-state index in [1.165, 1.54) is 22.6 Å². The molecule has 27 heavy (non-hydrogen) atoms. The zero-order valence-corrected chi connectivity index (χ0v) is 16.1. The normalized spacial score (nSPS) is 25.7. The first kappa shape index (κ1) is 16.4. The molecule has 2 aromatic carbocycles. The zero-order chi connectivity index (χ0) is 18.6. The number of para-hydroxylation sites is 2. The summed E-state index contributed by atoms with van der Waals surface area (Å²) in [6.07, 6.45) is 3.24. The third-order valence-corrected chi connectivity index (χ3v) is 6.78. The number of aromatic nitrogens is 1. The second-order valence-corrected chi connectivity index (χ2v) is 7.91. The van der Waals surface area contributed by atoms with Crippen LogP contribution in [-0.4, -0.2) is 11.1 Å². The summed E-state index contributed by atoms with van der Waals surface area (Å²) in [5, 5.41) is 0. The number of hydrogen-bond acceptors (Lipinski definition) is 3. The molecule has 0 aliphatic carbocycles. The van der Waals surface area contributed by atoms with Crippen LogP contribution in [0.5, 0.6) is 0 Å². The van der Waals surface area contributed by atoms with Gasteiger partial charge in [0, 0.05) is 28.9 Å². The van der Waals surface area contributed by atoms with Gasteiger partial charge in [0.1, 0.15) is 6.17 Å². The zero-order valence-electron chi connectivity index (χ0n) is 16.1. The second-order valence-electron chi connectivity index (χ2n) is 7.91. The molecule has 0 fully saturated rings. The van der Waals surface area contributed by atoms with Gasteiger partial charge in [0.2, 0.25) is 0 Å². The molecule has 3 heterocycles. The summed E-state index contributed by atoms with van der Waals surface area (Å²) in [6, 6.07) is 23.9. The average molecular weight is 355 g/mol. The molecule has 3 nitrogen and oxygen atoms in total. The molecule has 0 bridgehead atoms. The minimum Gasteiger partial charge on any atom is -0.316 e. The largest absolute Gasteiger partial charge is 0.316 e. The van der Waals surface area contributed by atoms with Crippen LogP contribution in [0.1, 0.15) is 32.8 Å². The third-order valence-electron chi connectivity index (χ3n) is 6.78. The van der Waals surface area contributed by atoms with Gasteiger partial charge in [-0.15, -0.1) is 0 Å². The lowest BCUT2D eigenvalue weighted by atomic mass is 9.66. The minimum atomic E-state index is 0.118. The van der Waals surface area contributed by atoms with Crippen LogP contribution < -0.4 is 9.80 Å². The Bertz CT molecular complexity index is 984. The fraction of sp³-hybridized carbons (Fsp3) is 0.292. The van der Waals surface area contributed by atoms with Crippen LogP contribution in [0.3, 0.4) is 0 Å². The Morgan fingerprint density at radius 1 is 0.889 bits per heavy atom. The first-order chi connectivity index (χ1) is 13.2. The van der Waals surface area contributed by atoms with Crippen molar-refractivity contribution in [2.75, 3.05) is 9.80 Å². The van der Waals surface area contributed by atoms with Crippen molar-refractivity contribution in [2.45, 2.75) is 38.8 Å². The average Bonchev–Trinajstić information content (AvgIpc) is 3.08. The van der Waals surface area contributed by atoms with Gasteiger partial charge in [0.25, 0.3) is 0 Å². The first-order valence-corrected chi connectivity index (χ1v) is 9.85. The van der Waals surface area contributed by atoms with Gasteiger partial charge in [0.15, 0.2) is 5.82 Å². The van der Waals surface area contributed by atoms with Crippen LogP contribution in [0.2, 0.25) is 0 Å². The molecule has 136 valence electrons. The van der Waals surface area contributed by atoms with E-state index in [0.717, 1.165) is 12.2 Å². The van der Waals surface area contributed by atoms with E-state index in [0.29, 0.717) is 5.92 Å². The van der Waals surface area contributed by atoms with Gasteiger partial charge in [0.05, 0.1) is 5.69 Å². The van der Waals surface area contributed by atoms with Gasteiger partial charge in [-0.25, -0.2) is 4.98 Å². The molecule has 5 rings (SSSR count). The van der Waals surface area contributed by atoms with E-state index in [-0.39, 0.29) is 11.6 Å². The number of hydrogen-bond donors (Lipinski definition) is 0. The maximum atomic E-state index is 4.81. The number of fused-ring (bicyclic) bond motifs is 5. The molecule has 0 spiro atoms. The molecule has 3 heteroatoms. The van der Waals surface area contributed by atoms with Crippen LogP contribution in [-0.2, 0) is 5.41 Å². The highest BCUT2D eigenvalue weighted by molar-refractivity contribution is 5.88. The molecule has 0 saturated heterocycles. The predicted molar refractivity (Wildman–Crippen MR) is 112 cm³/mol. The van der Waals surface area contributed by atoms with E-state index in [4.69, 9.17) is 4.98 Å². The van der Waals surface area contributed by atoms with Crippen LogP contribution in [0, 0.1) is 5.92 Å². The summed E-state index contributed by atoms with van der Waals surface area (Å²) in [4.78, 5) is 9.75. The highest BCUT2D eigenvalue weighted by atomic mass is 15.5. The van der Waals surface area contributed by atoms with E-state index in [1.807, 2.05) is 12.3 Å².